The highest BCUT2D eigenvalue weighted by atomic mass is 35.5. The number of ether oxygens (including phenoxy) is 1. The Morgan fingerprint density at radius 1 is 1.19 bits per heavy atom. The Bertz CT molecular complexity index is 866. The predicted octanol–water partition coefficient (Wildman–Crippen LogP) is 2.51. The number of amides is 1. The zero-order valence-corrected chi connectivity index (χ0v) is 15.9. The van der Waals surface area contributed by atoms with E-state index in [0.29, 0.717) is 23.1 Å². The van der Waals surface area contributed by atoms with Crippen LogP contribution in [0.1, 0.15) is 0 Å². The summed E-state index contributed by atoms with van der Waals surface area (Å²) in [4.78, 5) is 25.6. The largest absolute Gasteiger partial charge is 0.495 e. The van der Waals surface area contributed by atoms with Crippen molar-refractivity contribution in [3.05, 3.63) is 47.5 Å². The monoisotopic (exact) mass is 384 g/mol. The summed E-state index contributed by atoms with van der Waals surface area (Å²) in [6, 6.07) is 8.06. The summed E-state index contributed by atoms with van der Waals surface area (Å²) in [7, 11) is 1.70. The number of carbonyl (C=O) groups is 1. The van der Waals surface area contributed by atoms with Crippen molar-refractivity contribution in [2.75, 3.05) is 44.7 Å². The molecule has 1 atom stereocenters. The Morgan fingerprint density at radius 3 is 2.74 bits per heavy atom. The Kier molecular flexibility index (Phi) is 5.09. The van der Waals surface area contributed by atoms with Crippen molar-refractivity contribution >= 4 is 34.7 Å². The van der Waals surface area contributed by atoms with Gasteiger partial charge >= 0.3 is 0 Å². The fourth-order valence-corrected chi connectivity index (χ4v) is 3.74. The summed E-state index contributed by atoms with van der Waals surface area (Å²) in [6.07, 6.45) is 5.23. The Morgan fingerprint density at radius 2 is 1.96 bits per heavy atom. The van der Waals surface area contributed by atoms with E-state index in [-0.39, 0.29) is 5.91 Å². The molecule has 3 aliphatic rings. The molecule has 1 aromatic carbocycles. The first-order valence-corrected chi connectivity index (χ1v) is 9.37. The fraction of sp³-hybridized carbons (Fsp3) is 0.350. The highest BCUT2D eigenvalue weighted by Gasteiger charge is 2.28. The molecular weight excluding hydrogens is 364 g/mol. The lowest BCUT2D eigenvalue weighted by atomic mass is 9.96. The lowest BCUT2D eigenvalue weighted by Crippen LogP contribution is -2.48. The van der Waals surface area contributed by atoms with Crippen molar-refractivity contribution in [1.29, 1.82) is 0 Å². The number of anilines is 1. The number of carbonyl (C=O) groups excluding carboxylic acids is 1. The number of allylic oxidation sites excluding steroid dienone is 3. The molecular formula is C20H21ClN4O2. The van der Waals surface area contributed by atoms with Gasteiger partial charge in [0.2, 0.25) is 0 Å². The van der Waals surface area contributed by atoms with Gasteiger partial charge in [0.05, 0.1) is 25.1 Å². The summed E-state index contributed by atoms with van der Waals surface area (Å²) < 4.78 is 5.47. The van der Waals surface area contributed by atoms with Crippen LogP contribution in [0.4, 0.5) is 5.69 Å². The van der Waals surface area contributed by atoms with Crippen LogP contribution in [0.25, 0.3) is 0 Å². The van der Waals surface area contributed by atoms with E-state index in [1.165, 1.54) is 0 Å². The van der Waals surface area contributed by atoms with E-state index in [1.54, 1.807) is 25.3 Å². The molecule has 7 heteroatoms. The number of halogens is 1. The predicted molar refractivity (Wildman–Crippen MR) is 108 cm³/mol. The molecule has 140 valence electrons. The number of benzene rings is 1. The van der Waals surface area contributed by atoms with Gasteiger partial charge < -0.3 is 9.64 Å². The van der Waals surface area contributed by atoms with E-state index >= 15 is 0 Å². The number of amidine groups is 1. The quantitative estimate of drug-likeness (QED) is 0.800. The van der Waals surface area contributed by atoms with Gasteiger partial charge in [0, 0.05) is 31.2 Å². The highest BCUT2D eigenvalue weighted by Crippen LogP contribution is 2.28. The van der Waals surface area contributed by atoms with Crippen LogP contribution < -0.4 is 9.64 Å². The summed E-state index contributed by atoms with van der Waals surface area (Å²) in [6.45, 7) is 4.08. The number of rotatable bonds is 4. The Hall–Kier alpha value is -2.44. The Balaban J connectivity index is 1.40. The first-order valence-electron chi connectivity index (χ1n) is 9.00. The van der Waals surface area contributed by atoms with Gasteiger partial charge in [-0.2, -0.15) is 4.99 Å². The van der Waals surface area contributed by atoms with Gasteiger partial charge in [0.1, 0.15) is 17.5 Å². The molecule has 1 fully saturated rings. The van der Waals surface area contributed by atoms with Gasteiger partial charge in [-0.15, -0.1) is 0 Å². The third kappa shape index (κ3) is 3.82. The summed E-state index contributed by atoms with van der Waals surface area (Å²) >= 11 is 6.04. The van der Waals surface area contributed by atoms with Gasteiger partial charge in [0.25, 0.3) is 5.91 Å². The molecule has 6 nitrogen and oxygen atoms in total. The van der Waals surface area contributed by atoms with Crippen LogP contribution in [0, 0.1) is 5.92 Å². The van der Waals surface area contributed by atoms with Crippen LogP contribution in [-0.4, -0.2) is 62.2 Å². The van der Waals surface area contributed by atoms with E-state index in [1.807, 2.05) is 18.2 Å². The van der Waals surface area contributed by atoms with Gasteiger partial charge in [0.15, 0.2) is 0 Å². The smallest absolute Gasteiger partial charge is 0.260 e. The minimum Gasteiger partial charge on any atom is -0.495 e. The fourth-order valence-electron chi connectivity index (χ4n) is 3.56. The minimum atomic E-state index is -0.390. The molecule has 1 saturated heterocycles. The van der Waals surface area contributed by atoms with Crippen molar-refractivity contribution in [2.24, 2.45) is 15.9 Å². The first kappa shape index (κ1) is 17.9. The SMILES string of the molecule is COc1ccccc1N1CCN(CC2=NC(=O)C3C=CC(Cl)=CC3=N2)CC1. The highest BCUT2D eigenvalue weighted by molar-refractivity contribution is 6.35. The van der Waals surface area contributed by atoms with Gasteiger partial charge in [-0.05, 0) is 24.3 Å². The average molecular weight is 385 g/mol. The molecule has 2 heterocycles. The second kappa shape index (κ2) is 7.66. The van der Waals surface area contributed by atoms with Crippen LogP contribution in [0.5, 0.6) is 5.75 Å². The number of para-hydroxylation sites is 2. The summed E-state index contributed by atoms with van der Waals surface area (Å²) in [5.74, 6) is 0.894. The molecule has 1 amide bonds. The summed E-state index contributed by atoms with van der Waals surface area (Å²) in [5.41, 5.74) is 1.80. The molecule has 0 aromatic heterocycles. The number of nitrogens with zero attached hydrogens (tertiary/aromatic N) is 4. The zero-order valence-electron chi connectivity index (χ0n) is 15.1. The van der Waals surface area contributed by atoms with Crippen LogP contribution in [0.15, 0.2) is 57.5 Å². The third-order valence-corrected chi connectivity index (χ3v) is 5.21. The van der Waals surface area contributed by atoms with E-state index in [2.05, 4.69) is 25.9 Å². The molecule has 27 heavy (non-hydrogen) atoms. The third-order valence-electron chi connectivity index (χ3n) is 4.98. The molecule has 1 aromatic rings. The molecule has 0 spiro atoms. The lowest BCUT2D eigenvalue weighted by molar-refractivity contribution is -0.118. The van der Waals surface area contributed by atoms with Crippen LogP contribution >= 0.6 is 11.6 Å². The number of hydrogen-bond acceptors (Lipinski definition) is 5. The second-order valence-electron chi connectivity index (χ2n) is 6.70. The van der Waals surface area contributed by atoms with Gasteiger partial charge in [-0.25, -0.2) is 4.99 Å². The topological polar surface area (TPSA) is 57.5 Å². The second-order valence-corrected chi connectivity index (χ2v) is 7.14. The number of fused-ring (bicyclic) bond motifs is 1. The Labute approximate surface area is 163 Å². The molecule has 0 radical (unpaired) electrons. The molecule has 1 aliphatic carbocycles. The minimum absolute atomic E-state index is 0.167. The molecule has 0 bridgehead atoms. The lowest BCUT2D eigenvalue weighted by Gasteiger charge is -2.36. The number of methoxy groups -OCH3 is 1. The van der Waals surface area contributed by atoms with Crippen molar-refractivity contribution in [1.82, 2.24) is 4.90 Å². The normalized spacial score (nSPS) is 22.7. The van der Waals surface area contributed by atoms with Crippen molar-refractivity contribution in [3.8, 4) is 5.75 Å². The summed E-state index contributed by atoms with van der Waals surface area (Å²) in [5, 5.41) is 0.587. The maximum absolute atomic E-state index is 12.3. The molecule has 0 saturated carbocycles. The zero-order chi connectivity index (χ0) is 18.8. The number of hydrogen-bond donors (Lipinski definition) is 0. The van der Waals surface area contributed by atoms with Crippen LogP contribution in [0.2, 0.25) is 0 Å². The molecule has 2 aliphatic heterocycles. The van der Waals surface area contributed by atoms with Gasteiger partial charge in [-0.1, -0.05) is 29.8 Å². The standard InChI is InChI=1S/C20H21ClN4O2/c1-27-18-5-3-2-4-17(18)25-10-8-24(9-11-25)13-19-22-16-12-14(21)6-7-15(16)20(26)23-19/h2-7,12,15H,8-11,13H2,1H3. The van der Waals surface area contributed by atoms with Crippen LogP contribution in [0.3, 0.4) is 0 Å². The van der Waals surface area contributed by atoms with E-state index < -0.39 is 5.92 Å². The van der Waals surface area contributed by atoms with Crippen molar-refractivity contribution < 1.29 is 9.53 Å². The molecule has 0 N–H and O–H groups in total. The average Bonchev–Trinajstić information content (AvgIpc) is 2.68. The van der Waals surface area contributed by atoms with E-state index in [0.717, 1.165) is 37.6 Å². The molecule has 1 unspecified atom stereocenters. The maximum atomic E-state index is 12.3. The number of piperazine rings is 1. The van der Waals surface area contributed by atoms with E-state index in [4.69, 9.17) is 16.3 Å². The molecule has 4 rings (SSSR count). The van der Waals surface area contributed by atoms with Crippen molar-refractivity contribution in [3.63, 3.8) is 0 Å². The van der Waals surface area contributed by atoms with Crippen LogP contribution in [-0.2, 0) is 4.79 Å². The van der Waals surface area contributed by atoms with Crippen molar-refractivity contribution in [2.45, 2.75) is 0 Å². The maximum Gasteiger partial charge on any atom is 0.260 e. The number of aliphatic imine (C=N–C) groups is 2. The first-order chi connectivity index (χ1) is 13.1. The van der Waals surface area contributed by atoms with E-state index in [9.17, 15) is 4.79 Å². The van der Waals surface area contributed by atoms with Gasteiger partial charge in [-0.3, -0.25) is 9.69 Å².